The molecule has 2 nitrogen and oxygen atoms in total. The Bertz CT molecular complexity index is 770. The van der Waals surface area contributed by atoms with E-state index in [0.717, 1.165) is 12.6 Å². The molecule has 0 radical (unpaired) electrons. The number of rotatable bonds is 4. The highest BCUT2D eigenvalue weighted by Crippen LogP contribution is 2.31. The van der Waals surface area contributed by atoms with Crippen molar-refractivity contribution in [3.63, 3.8) is 0 Å². The minimum atomic E-state index is 0.731. The Morgan fingerprint density at radius 1 is 0.952 bits per heavy atom. The quantitative estimate of drug-likeness (QED) is 0.773. The van der Waals surface area contributed by atoms with Crippen LogP contribution in [0.1, 0.15) is 18.4 Å². The Hall–Kier alpha value is -2.19. The van der Waals surface area contributed by atoms with E-state index in [0.29, 0.717) is 0 Å². The van der Waals surface area contributed by atoms with Crippen molar-refractivity contribution < 1.29 is 0 Å². The van der Waals surface area contributed by atoms with Crippen molar-refractivity contribution in [3.8, 4) is 11.1 Å². The molecule has 2 heteroatoms. The van der Waals surface area contributed by atoms with Gasteiger partial charge in [-0.1, -0.05) is 42.5 Å². The first-order chi connectivity index (χ1) is 10.4. The van der Waals surface area contributed by atoms with Crippen LogP contribution in [0.25, 0.3) is 21.9 Å². The zero-order valence-corrected chi connectivity index (χ0v) is 11.9. The van der Waals surface area contributed by atoms with Gasteiger partial charge < -0.3 is 5.32 Å². The SMILES string of the molecule is c1ccc(-c2cccc3cnccc23)c(CNC2CC2)c1. The zero-order valence-electron chi connectivity index (χ0n) is 11.9. The van der Waals surface area contributed by atoms with E-state index < -0.39 is 0 Å². The fourth-order valence-corrected chi connectivity index (χ4v) is 2.84. The summed E-state index contributed by atoms with van der Waals surface area (Å²) in [5, 5.41) is 6.08. The second-order valence-corrected chi connectivity index (χ2v) is 5.71. The first kappa shape index (κ1) is 12.5. The van der Waals surface area contributed by atoms with Crippen LogP contribution in [0.3, 0.4) is 0 Å². The Morgan fingerprint density at radius 2 is 1.81 bits per heavy atom. The van der Waals surface area contributed by atoms with E-state index in [-0.39, 0.29) is 0 Å². The lowest BCUT2D eigenvalue weighted by Gasteiger charge is -2.12. The lowest BCUT2D eigenvalue weighted by atomic mass is 9.95. The summed E-state index contributed by atoms with van der Waals surface area (Å²) in [6, 6.07) is 18.0. The van der Waals surface area contributed by atoms with Gasteiger partial charge in [-0.25, -0.2) is 0 Å². The van der Waals surface area contributed by atoms with Gasteiger partial charge in [-0.2, -0.15) is 0 Å². The molecule has 1 aromatic heterocycles. The van der Waals surface area contributed by atoms with Crippen molar-refractivity contribution in [2.75, 3.05) is 0 Å². The van der Waals surface area contributed by atoms with Crippen molar-refractivity contribution in [2.24, 2.45) is 0 Å². The Labute approximate surface area is 124 Å². The zero-order chi connectivity index (χ0) is 14.1. The Kier molecular flexibility index (Phi) is 3.17. The molecule has 1 fully saturated rings. The molecule has 1 aliphatic rings. The molecule has 3 aromatic rings. The normalized spacial score (nSPS) is 14.5. The molecule has 0 bridgehead atoms. The van der Waals surface area contributed by atoms with Crippen LogP contribution < -0.4 is 5.32 Å². The third-order valence-corrected chi connectivity index (χ3v) is 4.15. The number of aromatic nitrogens is 1. The molecule has 0 aliphatic heterocycles. The molecule has 2 aromatic carbocycles. The number of nitrogens with zero attached hydrogens (tertiary/aromatic N) is 1. The fraction of sp³-hybridized carbons (Fsp3) is 0.211. The Balaban J connectivity index is 1.80. The number of benzene rings is 2. The van der Waals surface area contributed by atoms with Crippen LogP contribution in [0.4, 0.5) is 0 Å². The van der Waals surface area contributed by atoms with Crippen LogP contribution in [0, 0.1) is 0 Å². The maximum absolute atomic E-state index is 4.23. The largest absolute Gasteiger partial charge is 0.310 e. The van der Waals surface area contributed by atoms with Gasteiger partial charge in [-0.3, -0.25) is 4.98 Å². The number of pyridine rings is 1. The average Bonchev–Trinajstić information content (AvgIpc) is 3.37. The van der Waals surface area contributed by atoms with Crippen LogP contribution >= 0.6 is 0 Å². The molecule has 0 unspecified atom stereocenters. The molecule has 4 rings (SSSR count). The third kappa shape index (κ3) is 2.55. The predicted molar refractivity (Wildman–Crippen MR) is 87.0 cm³/mol. The number of fused-ring (bicyclic) bond motifs is 1. The summed E-state index contributed by atoms with van der Waals surface area (Å²) < 4.78 is 0. The van der Waals surface area contributed by atoms with Gasteiger partial charge in [0.25, 0.3) is 0 Å². The summed E-state index contributed by atoms with van der Waals surface area (Å²) in [5.74, 6) is 0. The molecule has 104 valence electrons. The molecule has 1 N–H and O–H groups in total. The van der Waals surface area contributed by atoms with Crippen molar-refractivity contribution in [3.05, 3.63) is 66.5 Å². The van der Waals surface area contributed by atoms with Gasteiger partial charge in [0.1, 0.15) is 0 Å². The molecule has 1 aliphatic carbocycles. The van der Waals surface area contributed by atoms with E-state index >= 15 is 0 Å². The summed E-state index contributed by atoms with van der Waals surface area (Å²) in [5.41, 5.74) is 3.99. The summed E-state index contributed by atoms with van der Waals surface area (Å²) in [4.78, 5) is 4.23. The van der Waals surface area contributed by atoms with E-state index in [1.165, 1.54) is 40.3 Å². The van der Waals surface area contributed by atoms with Crippen LogP contribution in [0.15, 0.2) is 60.9 Å². The Morgan fingerprint density at radius 3 is 2.71 bits per heavy atom. The monoisotopic (exact) mass is 274 g/mol. The van der Waals surface area contributed by atoms with E-state index in [1.807, 2.05) is 12.4 Å². The predicted octanol–water partition coefficient (Wildman–Crippen LogP) is 4.15. The van der Waals surface area contributed by atoms with Crippen molar-refractivity contribution >= 4 is 10.8 Å². The second kappa shape index (κ2) is 5.30. The van der Waals surface area contributed by atoms with E-state index in [4.69, 9.17) is 0 Å². The highest BCUT2D eigenvalue weighted by molar-refractivity contribution is 5.96. The molecule has 0 spiro atoms. The molecule has 21 heavy (non-hydrogen) atoms. The van der Waals surface area contributed by atoms with Gasteiger partial charge >= 0.3 is 0 Å². The fourth-order valence-electron chi connectivity index (χ4n) is 2.84. The lowest BCUT2D eigenvalue weighted by Crippen LogP contribution is -2.15. The average molecular weight is 274 g/mol. The van der Waals surface area contributed by atoms with Gasteiger partial charge in [-0.05, 0) is 41.0 Å². The second-order valence-electron chi connectivity index (χ2n) is 5.71. The van der Waals surface area contributed by atoms with Crippen molar-refractivity contribution in [1.29, 1.82) is 0 Å². The number of hydrogen-bond acceptors (Lipinski definition) is 2. The molecule has 0 saturated heterocycles. The first-order valence-corrected chi connectivity index (χ1v) is 7.56. The summed E-state index contributed by atoms with van der Waals surface area (Å²) in [6.07, 6.45) is 6.45. The maximum Gasteiger partial charge on any atom is 0.0346 e. The van der Waals surface area contributed by atoms with Gasteiger partial charge in [0.2, 0.25) is 0 Å². The smallest absolute Gasteiger partial charge is 0.0346 e. The van der Waals surface area contributed by atoms with Gasteiger partial charge in [0.15, 0.2) is 0 Å². The van der Waals surface area contributed by atoms with Crippen LogP contribution in [-0.4, -0.2) is 11.0 Å². The molecule has 0 atom stereocenters. The molecular formula is C19H18N2. The minimum Gasteiger partial charge on any atom is -0.310 e. The molecule has 1 heterocycles. The van der Waals surface area contributed by atoms with Crippen LogP contribution in [0.2, 0.25) is 0 Å². The molecule has 1 saturated carbocycles. The minimum absolute atomic E-state index is 0.731. The first-order valence-electron chi connectivity index (χ1n) is 7.56. The highest BCUT2D eigenvalue weighted by atomic mass is 14.9. The topological polar surface area (TPSA) is 24.9 Å². The standard InChI is InChI=1S/C19H18N2/c1-2-6-17(15(4-1)13-21-16-8-9-16)19-7-3-5-14-12-20-11-10-18(14)19/h1-7,10-12,16,21H,8-9,13H2. The van der Waals surface area contributed by atoms with E-state index in [2.05, 4.69) is 58.8 Å². The van der Waals surface area contributed by atoms with Crippen LogP contribution in [0.5, 0.6) is 0 Å². The number of nitrogens with one attached hydrogen (secondary N) is 1. The van der Waals surface area contributed by atoms with Gasteiger partial charge in [-0.15, -0.1) is 0 Å². The van der Waals surface area contributed by atoms with Gasteiger partial charge in [0, 0.05) is 30.4 Å². The van der Waals surface area contributed by atoms with E-state index in [1.54, 1.807) is 0 Å². The van der Waals surface area contributed by atoms with E-state index in [9.17, 15) is 0 Å². The van der Waals surface area contributed by atoms with Crippen molar-refractivity contribution in [1.82, 2.24) is 10.3 Å². The lowest BCUT2D eigenvalue weighted by molar-refractivity contribution is 0.689. The summed E-state index contributed by atoms with van der Waals surface area (Å²) in [6.45, 7) is 0.947. The summed E-state index contributed by atoms with van der Waals surface area (Å²) >= 11 is 0. The summed E-state index contributed by atoms with van der Waals surface area (Å²) in [7, 11) is 0. The third-order valence-electron chi connectivity index (χ3n) is 4.15. The van der Waals surface area contributed by atoms with Crippen molar-refractivity contribution in [2.45, 2.75) is 25.4 Å². The van der Waals surface area contributed by atoms with Crippen LogP contribution in [-0.2, 0) is 6.54 Å². The maximum atomic E-state index is 4.23. The molecular weight excluding hydrogens is 256 g/mol. The van der Waals surface area contributed by atoms with Gasteiger partial charge in [0.05, 0.1) is 0 Å². The number of hydrogen-bond donors (Lipinski definition) is 1. The molecule has 0 amide bonds. The highest BCUT2D eigenvalue weighted by Gasteiger charge is 2.20.